The van der Waals surface area contributed by atoms with E-state index in [4.69, 9.17) is 44.9 Å². The quantitative estimate of drug-likeness (QED) is 0.174. The zero-order valence-electron chi connectivity index (χ0n) is 18.9. The van der Waals surface area contributed by atoms with Gasteiger partial charge in [0.15, 0.2) is 5.11 Å². The minimum absolute atomic E-state index is 0.151. The SMILES string of the molecule is COC(=O)CN1C(=S)N(c2ccc(Cl)cc2)C(=O)/C1=C/c1cc(Br)ccc1OCc1ccc(Cl)cc1. The van der Waals surface area contributed by atoms with Crippen LogP contribution in [0.2, 0.25) is 10.0 Å². The molecular weight excluding hydrogens is 587 g/mol. The number of esters is 1. The van der Waals surface area contributed by atoms with Crippen LogP contribution in [-0.2, 0) is 20.9 Å². The van der Waals surface area contributed by atoms with Crippen molar-refractivity contribution in [1.29, 1.82) is 0 Å². The van der Waals surface area contributed by atoms with Gasteiger partial charge < -0.3 is 14.4 Å². The number of carbonyl (C=O) groups excluding carboxylic acids is 2. The second-order valence-corrected chi connectivity index (χ2v) is 9.84. The average Bonchev–Trinajstić information content (AvgIpc) is 3.09. The van der Waals surface area contributed by atoms with Gasteiger partial charge in [-0.1, -0.05) is 51.3 Å². The maximum absolute atomic E-state index is 13.6. The number of methoxy groups -OCH3 is 1. The van der Waals surface area contributed by atoms with Crippen molar-refractivity contribution in [2.24, 2.45) is 0 Å². The molecular formula is C26H19BrCl2N2O4S. The van der Waals surface area contributed by atoms with E-state index in [0.717, 1.165) is 10.0 Å². The van der Waals surface area contributed by atoms with E-state index in [9.17, 15) is 9.59 Å². The van der Waals surface area contributed by atoms with E-state index in [-0.39, 0.29) is 17.4 Å². The lowest BCUT2D eigenvalue weighted by atomic mass is 10.1. The summed E-state index contributed by atoms with van der Waals surface area (Å²) in [5.41, 5.74) is 2.29. The lowest BCUT2D eigenvalue weighted by Crippen LogP contribution is -2.35. The van der Waals surface area contributed by atoms with Crippen molar-refractivity contribution in [3.05, 3.63) is 98.1 Å². The number of hydrogen-bond acceptors (Lipinski definition) is 5. The first-order valence-corrected chi connectivity index (χ1v) is 12.6. The highest BCUT2D eigenvalue weighted by atomic mass is 79.9. The number of anilines is 1. The minimum atomic E-state index is -0.539. The Morgan fingerprint density at radius 2 is 1.67 bits per heavy atom. The van der Waals surface area contributed by atoms with Crippen LogP contribution >= 0.6 is 51.3 Å². The van der Waals surface area contributed by atoms with Gasteiger partial charge in [-0.3, -0.25) is 14.5 Å². The number of carbonyl (C=O) groups is 2. The highest BCUT2D eigenvalue weighted by molar-refractivity contribution is 9.10. The number of hydrogen-bond donors (Lipinski definition) is 0. The van der Waals surface area contributed by atoms with E-state index < -0.39 is 11.9 Å². The largest absolute Gasteiger partial charge is 0.488 e. The summed E-state index contributed by atoms with van der Waals surface area (Å²) < 4.78 is 11.7. The van der Waals surface area contributed by atoms with Crippen LogP contribution in [0.25, 0.3) is 6.08 Å². The number of halogens is 3. The van der Waals surface area contributed by atoms with E-state index in [2.05, 4.69) is 15.9 Å². The van der Waals surface area contributed by atoms with Crippen LogP contribution in [0.3, 0.4) is 0 Å². The molecule has 1 aliphatic rings. The van der Waals surface area contributed by atoms with Gasteiger partial charge in [0.2, 0.25) is 0 Å². The molecule has 6 nitrogen and oxygen atoms in total. The van der Waals surface area contributed by atoms with Crippen LogP contribution in [0, 0.1) is 0 Å². The van der Waals surface area contributed by atoms with Crippen molar-refractivity contribution in [3.8, 4) is 5.75 Å². The van der Waals surface area contributed by atoms with Crippen molar-refractivity contribution < 1.29 is 19.1 Å². The molecule has 4 rings (SSSR count). The van der Waals surface area contributed by atoms with Crippen LogP contribution < -0.4 is 9.64 Å². The van der Waals surface area contributed by atoms with Gasteiger partial charge in [-0.05, 0) is 78.5 Å². The number of thiocarbonyl (C=S) groups is 1. The molecule has 0 unspecified atom stereocenters. The fourth-order valence-electron chi connectivity index (χ4n) is 3.50. The Morgan fingerprint density at radius 3 is 2.31 bits per heavy atom. The first-order valence-electron chi connectivity index (χ1n) is 10.6. The zero-order valence-corrected chi connectivity index (χ0v) is 22.8. The molecule has 184 valence electrons. The van der Waals surface area contributed by atoms with Crippen LogP contribution in [0.1, 0.15) is 11.1 Å². The van der Waals surface area contributed by atoms with Gasteiger partial charge in [0.1, 0.15) is 24.6 Å². The van der Waals surface area contributed by atoms with Crippen LogP contribution in [0.4, 0.5) is 5.69 Å². The standard InChI is InChI=1S/C26H19BrCl2N2O4S/c1-34-24(32)14-30-22(25(33)31(26(30)36)21-9-7-20(29)8-10-21)13-17-12-18(27)4-11-23(17)35-15-16-2-5-19(28)6-3-16/h2-13H,14-15H2,1H3/b22-13-. The van der Waals surface area contributed by atoms with E-state index in [1.807, 2.05) is 24.3 Å². The van der Waals surface area contributed by atoms with Gasteiger partial charge in [-0.2, -0.15) is 0 Å². The molecule has 10 heteroatoms. The van der Waals surface area contributed by atoms with Crippen LogP contribution in [-0.4, -0.2) is 35.5 Å². The molecule has 1 fully saturated rings. The lowest BCUT2D eigenvalue weighted by Gasteiger charge is -2.19. The highest BCUT2D eigenvalue weighted by Gasteiger charge is 2.40. The Labute approximate surface area is 232 Å². The first-order chi connectivity index (χ1) is 17.3. The van der Waals surface area contributed by atoms with E-state index in [0.29, 0.717) is 33.7 Å². The van der Waals surface area contributed by atoms with Crippen molar-refractivity contribution in [2.75, 3.05) is 18.6 Å². The van der Waals surface area contributed by atoms with Gasteiger partial charge >= 0.3 is 5.97 Å². The van der Waals surface area contributed by atoms with Gasteiger partial charge in [-0.15, -0.1) is 0 Å². The molecule has 3 aromatic carbocycles. The molecule has 3 aromatic rings. The van der Waals surface area contributed by atoms with Gasteiger partial charge in [0, 0.05) is 20.1 Å². The molecule has 0 aromatic heterocycles. The Bertz CT molecular complexity index is 1350. The summed E-state index contributed by atoms with van der Waals surface area (Å²) in [7, 11) is 1.28. The molecule has 0 aliphatic carbocycles. The van der Waals surface area contributed by atoms with E-state index in [1.54, 1.807) is 48.5 Å². The number of rotatable bonds is 7. The zero-order chi connectivity index (χ0) is 25.8. The number of amides is 1. The van der Waals surface area contributed by atoms with Crippen molar-refractivity contribution in [2.45, 2.75) is 6.61 Å². The smallest absolute Gasteiger partial charge is 0.325 e. The summed E-state index contributed by atoms with van der Waals surface area (Å²) in [5.74, 6) is -0.389. The predicted molar refractivity (Wildman–Crippen MR) is 148 cm³/mol. The summed E-state index contributed by atoms with van der Waals surface area (Å²) in [4.78, 5) is 28.5. The lowest BCUT2D eigenvalue weighted by molar-refractivity contribution is -0.140. The molecule has 0 saturated carbocycles. The summed E-state index contributed by atoms with van der Waals surface area (Å²) in [6.07, 6.45) is 1.65. The second-order valence-electron chi connectivity index (χ2n) is 7.69. The Kier molecular flexibility index (Phi) is 8.31. The molecule has 36 heavy (non-hydrogen) atoms. The summed E-state index contributed by atoms with van der Waals surface area (Å²) in [6, 6.07) is 19.5. The molecule has 0 N–H and O–H groups in total. The van der Waals surface area contributed by atoms with Crippen molar-refractivity contribution in [1.82, 2.24) is 4.90 Å². The predicted octanol–water partition coefficient (Wildman–Crippen LogP) is 6.48. The van der Waals surface area contributed by atoms with E-state index >= 15 is 0 Å². The summed E-state index contributed by atoms with van der Waals surface area (Å²) in [5, 5.41) is 1.31. The molecule has 1 saturated heterocycles. The monoisotopic (exact) mass is 604 g/mol. The Balaban J connectivity index is 1.71. The summed E-state index contributed by atoms with van der Waals surface area (Å²) >= 11 is 21.1. The van der Waals surface area contributed by atoms with Gasteiger partial charge in [0.05, 0.1) is 12.8 Å². The molecule has 1 amide bonds. The Hall–Kier alpha value is -2.91. The molecule has 1 aliphatic heterocycles. The van der Waals surface area contributed by atoms with Crippen LogP contribution in [0.5, 0.6) is 5.75 Å². The van der Waals surface area contributed by atoms with E-state index in [1.165, 1.54) is 16.9 Å². The van der Waals surface area contributed by atoms with Crippen molar-refractivity contribution >= 4 is 80.1 Å². The van der Waals surface area contributed by atoms with Gasteiger partial charge in [-0.25, -0.2) is 0 Å². The molecule has 1 heterocycles. The van der Waals surface area contributed by atoms with Crippen LogP contribution in [0.15, 0.2) is 76.9 Å². The second kappa shape index (κ2) is 11.4. The topological polar surface area (TPSA) is 59.1 Å². The number of benzene rings is 3. The number of ether oxygens (including phenoxy) is 2. The third kappa shape index (κ3) is 5.90. The average molecular weight is 606 g/mol. The third-order valence-corrected chi connectivity index (χ3v) is 6.71. The summed E-state index contributed by atoms with van der Waals surface area (Å²) in [6.45, 7) is 0.0655. The molecule has 0 atom stereocenters. The minimum Gasteiger partial charge on any atom is -0.488 e. The normalized spacial score (nSPS) is 14.5. The highest BCUT2D eigenvalue weighted by Crippen LogP contribution is 2.33. The third-order valence-electron chi connectivity index (χ3n) is 5.31. The fourth-order valence-corrected chi connectivity index (χ4v) is 4.48. The Morgan fingerprint density at radius 1 is 1.03 bits per heavy atom. The molecule has 0 spiro atoms. The fraction of sp³-hybridized carbons (Fsp3) is 0.115. The first kappa shape index (κ1) is 26.2. The molecule has 0 bridgehead atoms. The number of nitrogens with zero attached hydrogens (tertiary/aromatic N) is 2. The van der Waals surface area contributed by atoms with Gasteiger partial charge in [0.25, 0.3) is 5.91 Å². The maximum atomic E-state index is 13.6. The molecule has 0 radical (unpaired) electrons. The maximum Gasteiger partial charge on any atom is 0.325 e. The van der Waals surface area contributed by atoms with Crippen molar-refractivity contribution in [3.63, 3.8) is 0 Å².